The number of carbonyl (C=O) groups excluding carboxylic acids is 1. The lowest BCUT2D eigenvalue weighted by Gasteiger charge is -2.19. The van der Waals surface area contributed by atoms with Crippen LogP contribution in [0.15, 0.2) is 18.2 Å². The fourth-order valence-corrected chi connectivity index (χ4v) is 1.75. The minimum atomic E-state index is -0.589. The van der Waals surface area contributed by atoms with Gasteiger partial charge in [-0.3, -0.25) is 4.79 Å². The minimum absolute atomic E-state index is 0.138. The fraction of sp³-hybridized carbons (Fsp3) is 0.533. The molecular formula is C15H24N2O3. The molecule has 0 radical (unpaired) electrons. The number of nitrogens with one attached hydrogen (secondary N) is 1. The molecule has 1 unspecified atom stereocenters. The van der Waals surface area contributed by atoms with Gasteiger partial charge in [0.15, 0.2) is 17.6 Å². The first-order valence-electron chi connectivity index (χ1n) is 7.03. The van der Waals surface area contributed by atoms with E-state index in [2.05, 4.69) is 5.32 Å². The van der Waals surface area contributed by atoms with Crippen LogP contribution in [0.4, 0.5) is 0 Å². The number of carbonyl (C=O) groups is 1. The zero-order valence-corrected chi connectivity index (χ0v) is 12.4. The molecule has 3 N–H and O–H groups in total. The maximum atomic E-state index is 11.9. The average Bonchev–Trinajstić information content (AvgIpc) is 2.46. The first-order valence-corrected chi connectivity index (χ1v) is 7.03. The third-order valence-corrected chi connectivity index (χ3v) is 2.79. The minimum Gasteiger partial charge on any atom is -0.490 e. The van der Waals surface area contributed by atoms with Crippen LogP contribution < -0.4 is 20.5 Å². The average molecular weight is 280 g/mol. The summed E-state index contributed by atoms with van der Waals surface area (Å²) in [5, 5.41) is 2.81. The molecule has 0 aliphatic heterocycles. The second kappa shape index (κ2) is 8.43. The first kappa shape index (κ1) is 16.3. The topological polar surface area (TPSA) is 73.6 Å². The quantitative estimate of drug-likeness (QED) is 0.762. The number of hydrogen-bond acceptors (Lipinski definition) is 4. The number of rotatable bonds is 8. The van der Waals surface area contributed by atoms with Gasteiger partial charge in [-0.1, -0.05) is 19.1 Å². The van der Waals surface area contributed by atoms with Crippen LogP contribution >= 0.6 is 0 Å². The smallest absolute Gasteiger partial charge is 0.260 e. The SMILES string of the molecule is CCCNC(=O)C(C)Oc1c(CN)cccc1OCC. The van der Waals surface area contributed by atoms with Gasteiger partial charge in [-0.15, -0.1) is 0 Å². The molecule has 5 heteroatoms. The van der Waals surface area contributed by atoms with Crippen molar-refractivity contribution in [2.75, 3.05) is 13.2 Å². The number of benzene rings is 1. The Morgan fingerprint density at radius 3 is 2.75 bits per heavy atom. The molecule has 20 heavy (non-hydrogen) atoms. The maximum Gasteiger partial charge on any atom is 0.260 e. The van der Waals surface area contributed by atoms with Crippen molar-refractivity contribution in [2.45, 2.75) is 39.8 Å². The van der Waals surface area contributed by atoms with Crippen molar-refractivity contribution < 1.29 is 14.3 Å². The van der Waals surface area contributed by atoms with Gasteiger partial charge in [0.2, 0.25) is 0 Å². The molecular weight excluding hydrogens is 256 g/mol. The van der Waals surface area contributed by atoms with Crippen LogP contribution in [0, 0.1) is 0 Å². The van der Waals surface area contributed by atoms with E-state index in [9.17, 15) is 4.79 Å². The van der Waals surface area contributed by atoms with E-state index >= 15 is 0 Å². The van der Waals surface area contributed by atoms with Crippen molar-refractivity contribution in [1.82, 2.24) is 5.32 Å². The predicted molar refractivity (Wildman–Crippen MR) is 78.9 cm³/mol. The van der Waals surface area contributed by atoms with Gasteiger partial charge in [0.05, 0.1) is 6.61 Å². The number of para-hydroxylation sites is 1. The molecule has 1 rings (SSSR count). The van der Waals surface area contributed by atoms with Crippen molar-refractivity contribution in [1.29, 1.82) is 0 Å². The normalized spacial score (nSPS) is 11.8. The monoisotopic (exact) mass is 280 g/mol. The van der Waals surface area contributed by atoms with Crippen LogP contribution in [0.25, 0.3) is 0 Å². The largest absolute Gasteiger partial charge is 0.490 e. The van der Waals surface area contributed by atoms with Crippen molar-refractivity contribution in [2.24, 2.45) is 5.73 Å². The second-order valence-electron chi connectivity index (χ2n) is 4.43. The number of nitrogens with two attached hydrogens (primary N) is 1. The van der Waals surface area contributed by atoms with E-state index < -0.39 is 6.10 Å². The summed E-state index contributed by atoms with van der Waals surface area (Å²) < 4.78 is 11.3. The number of ether oxygens (including phenoxy) is 2. The molecule has 1 amide bonds. The Bertz CT molecular complexity index is 435. The van der Waals surface area contributed by atoms with E-state index in [-0.39, 0.29) is 5.91 Å². The highest BCUT2D eigenvalue weighted by molar-refractivity contribution is 5.80. The summed E-state index contributed by atoms with van der Waals surface area (Å²) in [4.78, 5) is 11.9. The van der Waals surface area contributed by atoms with Crippen molar-refractivity contribution in [3.8, 4) is 11.5 Å². The van der Waals surface area contributed by atoms with Gasteiger partial charge < -0.3 is 20.5 Å². The summed E-state index contributed by atoms with van der Waals surface area (Å²) in [6, 6.07) is 5.55. The van der Waals surface area contributed by atoms with E-state index in [1.165, 1.54) is 0 Å². The Labute approximate surface area is 120 Å². The molecule has 0 fully saturated rings. The summed E-state index contributed by atoms with van der Waals surface area (Å²) in [5.74, 6) is 1.03. The van der Waals surface area contributed by atoms with E-state index in [1.54, 1.807) is 6.92 Å². The Hall–Kier alpha value is -1.75. The zero-order chi connectivity index (χ0) is 15.0. The van der Waals surface area contributed by atoms with E-state index in [4.69, 9.17) is 15.2 Å². The molecule has 0 aromatic heterocycles. The van der Waals surface area contributed by atoms with Crippen LogP contribution in [0.2, 0.25) is 0 Å². The van der Waals surface area contributed by atoms with Gasteiger partial charge >= 0.3 is 0 Å². The van der Waals surface area contributed by atoms with Crippen molar-refractivity contribution in [3.05, 3.63) is 23.8 Å². The lowest BCUT2D eigenvalue weighted by atomic mass is 10.2. The molecule has 0 saturated heterocycles. The maximum absolute atomic E-state index is 11.9. The van der Waals surface area contributed by atoms with E-state index in [0.717, 1.165) is 12.0 Å². The highest BCUT2D eigenvalue weighted by atomic mass is 16.5. The summed E-state index contributed by atoms with van der Waals surface area (Å²) in [5.41, 5.74) is 6.54. The van der Waals surface area contributed by atoms with Crippen LogP contribution in [0.5, 0.6) is 11.5 Å². The standard InChI is InChI=1S/C15H24N2O3/c1-4-9-17-15(18)11(3)20-14-12(10-16)7-6-8-13(14)19-5-2/h6-8,11H,4-5,9-10,16H2,1-3H3,(H,17,18). The number of hydrogen-bond donors (Lipinski definition) is 2. The van der Waals surface area contributed by atoms with Gasteiger partial charge in [0.1, 0.15) is 0 Å². The van der Waals surface area contributed by atoms with Gasteiger partial charge in [-0.05, 0) is 26.3 Å². The first-order chi connectivity index (χ1) is 9.63. The van der Waals surface area contributed by atoms with Crippen LogP contribution in [-0.2, 0) is 11.3 Å². The Morgan fingerprint density at radius 1 is 1.40 bits per heavy atom. The lowest BCUT2D eigenvalue weighted by molar-refractivity contribution is -0.127. The van der Waals surface area contributed by atoms with Gasteiger partial charge in [0, 0.05) is 18.7 Å². The molecule has 0 spiro atoms. The molecule has 0 bridgehead atoms. The molecule has 1 aromatic rings. The molecule has 1 atom stereocenters. The molecule has 5 nitrogen and oxygen atoms in total. The van der Waals surface area contributed by atoms with E-state index in [1.807, 2.05) is 32.0 Å². The van der Waals surface area contributed by atoms with Crippen LogP contribution in [0.1, 0.15) is 32.8 Å². The third kappa shape index (κ3) is 4.42. The summed E-state index contributed by atoms with van der Waals surface area (Å²) >= 11 is 0. The third-order valence-electron chi connectivity index (χ3n) is 2.79. The molecule has 112 valence electrons. The summed E-state index contributed by atoms with van der Waals surface area (Å²) in [6.45, 7) is 7.12. The van der Waals surface area contributed by atoms with Gasteiger partial charge in [-0.2, -0.15) is 0 Å². The molecule has 1 aromatic carbocycles. The second-order valence-corrected chi connectivity index (χ2v) is 4.43. The molecule has 0 saturated carbocycles. The van der Waals surface area contributed by atoms with Crippen LogP contribution in [-0.4, -0.2) is 25.2 Å². The van der Waals surface area contributed by atoms with Crippen molar-refractivity contribution in [3.63, 3.8) is 0 Å². The molecule has 0 aliphatic rings. The predicted octanol–water partition coefficient (Wildman–Crippen LogP) is 1.84. The van der Waals surface area contributed by atoms with Gasteiger partial charge in [-0.25, -0.2) is 0 Å². The Morgan fingerprint density at radius 2 is 2.15 bits per heavy atom. The summed E-state index contributed by atoms with van der Waals surface area (Å²) in [6.07, 6.45) is 0.302. The highest BCUT2D eigenvalue weighted by Gasteiger charge is 2.18. The van der Waals surface area contributed by atoms with Crippen LogP contribution in [0.3, 0.4) is 0 Å². The Kier molecular flexibility index (Phi) is 6.87. The fourth-order valence-electron chi connectivity index (χ4n) is 1.75. The zero-order valence-electron chi connectivity index (χ0n) is 12.4. The summed E-state index contributed by atoms with van der Waals surface area (Å²) in [7, 11) is 0. The van der Waals surface area contributed by atoms with E-state index in [0.29, 0.717) is 31.2 Å². The highest BCUT2D eigenvalue weighted by Crippen LogP contribution is 2.32. The van der Waals surface area contributed by atoms with Crippen molar-refractivity contribution >= 4 is 5.91 Å². The lowest BCUT2D eigenvalue weighted by Crippen LogP contribution is -2.36. The van der Waals surface area contributed by atoms with Gasteiger partial charge in [0.25, 0.3) is 5.91 Å². The molecule has 0 aliphatic carbocycles. The Balaban J connectivity index is 2.86. The molecule has 0 heterocycles. The number of amides is 1.